The summed E-state index contributed by atoms with van der Waals surface area (Å²) in [6.45, 7) is 1.80. The summed E-state index contributed by atoms with van der Waals surface area (Å²) in [5.74, 6) is -0.436. The molecule has 1 atom stereocenters. The molecule has 1 aliphatic heterocycles. The molecule has 0 spiro atoms. The van der Waals surface area contributed by atoms with Crippen molar-refractivity contribution in [2.45, 2.75) is 17.2 Å². The number of amides is 1. The van der Waals surface area contributed by atoms with Crippen LogP contribution in [0.1, 0.15) is 5.69 Å². The van der Waals surface area contributed by atoms with E-state index < -0.39 is 26.8 Å². The summed E-state index contributed by atoms with van der Waals surface area (Å²) in [7, 11) is -2.46. The van der Waals surface area contributed by atoms with Crippen molar-refractivity contribution >= 4 is 27.3 Å². The number of rotatable bonds is 3. The molecule has 1 unspecified atom stereocenters. The van der Waals surface area contributed by atoms with Gasteiger partial charge in [0.05, 0.1) is 13.2 Å². The van der Waals surface area contributed by atoms with Crippen molar-refractivity contribution in [3.05, 3.63) is 15.4 Å². The van der Waals surface area contributed by atoms with Gasteiger partial charge in [-0.15, -0.1) is 0 Å². The summed E-state index contributed by atoms with van der Waals surface area (Å²) in [6, 6.07) is -0.921. The maximum atomic E-state index is 12.6. The molecule has 2 N–H and O–H groups in total. The van der Waals surface area contributed by atoms with Gasteiger partial charge in [0.2, 0.25) is 5.91 Å². The van der Waals surface area contributed by atoms with Crippen LogP contribution in [0.25, 0.3) is 0 Å². The predicted octanol–water partition coefficient (Wildman–Crippen LogP) is -1.12. The molecule has 2 rings (SSSR count). The minimum absolute atomic E-state index is 0.00271. The average Bonchev–Trinajstić information content (AvgIpc) is 2.77. The van der Waals surface area contributed by atoms with Crippen LogP contribution < -0.4 is 10.2 Å². The molecule has 112 valence electrons. The topological polar surface area (TPSA) is 109 Å². The second kappa shape index (κ2) is 5.64. The van der Waals surface area contributed by atoms with Crippen LogP contribution in [0.4, 0.5) is 0 Å². The largest absolute Gasteiger partial charge is 0.378 e. The van der Waals surface area contributed by atoms with Crippen molar-refractivity contribution in [1.82, 2.24) is 14.6 Å². The Balaban J connectivity index is 2.43. The molecule has 1 aromatic heterocycles. The van der Waals surface area contributed by atoms with Crippen LogP contribution in [0.5, 0.6) is 0 Å². The lowest BCUT2D eigenvalue weighted by Gasteiger charge is -2.32. The Morgan fingerprint density at radius 1 is 1.55 bits per heavy atom. The molecular weight excluding hydrogens is 306 g/mol. The minimum atomic E-state index is -3.90. The number of carbonyl (C=O) groups is 1. The van der Waals surface area contributed by atoms with E-state index in [1.807, 2.05) is 0 Å². The van der Waals surface area contributed by atoms with Gasteiger partial charge < -0.3 is 15.0 Å². The first-order valence-corrected chi connectivity index (χ1v) is 8.14. The molecule has 8 nitrogen and oxygen atoms in total. The number of thiazole rings is 1. The number of ether oxygens (including phenoxy) is 1. The number of H-pyrrole nitrogens is 1. The monoisotopic (exact) mass is 321 g/mol. The quantitative estimate of drug-likeness (QED) is 0.733. The lowest BCUT2D eigenvalue weighted by molar-refractivity contribution is -0.128. The lowest BCUT2D eigenvalue weighted by Crippen LogP contribution is -2.55. The Bertz CT molecular complexity index is 663. The van der Waals surface area contributed by atoms with Crippen molar-refractivity contribution in [3.63, 3.8) is 0 Å². The molecule has 1 aliphatic rings. The number of carbonyl (C=O) groups excluding carboxylic acids is 1. The highest BCUT2D eigenvalue weighted by atomic mass is 32.2. The molecule has 2 heterocycles. The average molecular weight is 321 g/mol. The van der Waals surface area contributed by atoms with Gasteiger partial charge in [-0.25, -0.2) is 8.42 Å². The first-order chi connectivity index (χ1) is 9.37. The normalized spacial score (nSPS) is 20.8. The van der Waals surface area contributed by atoms with E-state index in [1.165, 1.54) is 14.0 Å². The maximum Gasteiger partial charge on any atom is 0.305 e. The number of nitrogens with one attached hydrogen (secondary N) is 2. The maximum absolute atomic E-state index is 12.6. The van der Waals surface area contributed by atoms with Crippen molar-refractivity contribution in [2.24, 2.45) is 0 Å². The molecular formula is C10H15N3O5S2. The summed E-state index contributed by atoms with van der Waals surface area (Å²) >= 11 is 0.623. The summed E-state index contributed by atoms with van der Waals surface area (Å²) in [4.78, 5) is 25.1. The fourth-order valence-corrected chi connectivity index (χ4v) is 4.96. The number of aromatic amines is 1. The van der Waals surface area contributed by atoms with Gasteiger partial charge in [0.25, 0.3) is 10.0 Å². The number of morpholine rings is 1. The van der Waals surface area contributed by atoms with Gasteiger partial charge in [0.1, 0.15) is 6.04 Å². The van der Waals surface area contributed by atoms with Gasteiger partial charge >= 0.3 is 4.87 Å². The highest BCUT2D eigenvalue weighted by Gasteiger charge is 2.39. The molecule has 20 heavy (non-hydrogen) atoms. The molecule has 1 saturated heterocycles. The highest BCUT2D eigenvalue weighted by Crippen LogP contribution is 2.24. The van der Waals surface area contributed by atoms with Gasteiger partial charge in [0.15, 0.2) is 4.21 Å². The van der Waals surface area contributed by atoms with Crippen LogP contribution in [-0.4, -0.2) is 56.5 Å². The van der Waals surface area contributed by atoms with Crippen molar-refractivity contribution in [3.8, 4) is 0 Å². The zero-order valence-electron chi connectivity index (χ0n) is 11.0. The Morgan fingerprint density at radius 3 is 2.80 bits per heavy atom. The zero-order valence-corrected chi connectivity index (χ0v) is 12.6. The number of aryl methyl sites for hydroxylation is 1. The van der Waals surface area contributed by atoms with Crippen LogP contribution in [0.2, 0.25) is 0 Å². The summed E-state index contributed by atoms with van der Waals surface area (Å²) < 4.78 is 31.4. The molecule has 1 amide bonds. The molecule has 0 aliphatic carbocycles. The van der Waals surface area contributed by atoms with E-state index in [0.717, 1.165) is 4.31 Å². The number of hydrogen-bond acceptors (Lipinski definition) is 6. The fourth-order valence-electron chi connectivity index (χ4n) is 1.99. The summed E-state index contributed by atoms with van der Waals surface area (Å²) in [5.41, 5.74) is 0.280. The van der Waals surface area contributed by atoms with E-state index in [4.69, 9.17) is 4.74 Å². The third-order valence-electron chi connectivity index (χ3n) is 2.95. The van der Waals surface area contributed by atoms with Crippen LogP contribution in [0.3, 0.4) is 0 Å². The lowest BCUT2D eigenvalue weighted by atomic mass is 10.2. The Labute approximate surface area is 119 Å². The number of sulfonamides is 1. The molecule has 0 saturated carbocycles. The standard InChI is InChI=1S/C10H15N3O5S2/c1-6-9(19-10(15)12-6)20(16,17)13-3-4-18-5-7(13)8(14)11-2/h7H,3-5H2,1-2H3,(H,11,14)(H,12,15). The second-order valence-corrected chi connectivity index (χ2v) is 7.32. The second-order valence-electron chi connectivity index (χ2n) is 4.25. The van der Waals surface area contributed by atoms with E-state index in [1.54, 1.807) is 0 Å². The first-order valence-electron chi connectivity index (χ1n) is 5.89. The third kappa shape index (κ3) is 2.64. The molecule has 1 aromatic rings. The van der Waals surface area contributed by atoms with Crippen LogP contribution in [0, 0.1) is 6.92 Å². The number of aromatic nitrogens is 1. The first kappa shape index (κ1) is 15.2. The van der Waals surface area contributed by atoms with Crippen molar-refractivity contribution < 1.29 is 17.9 Å². The number of likely N-dealkylation sites (N-methyl/N-ethyl adjacent to an activating group) is 1. The van der Waals surface area contributed by atoms with Crippen LogP contribution >= 0.6 is 11.3 Å². The SMILES string of the molecule is CNC(=O)C1COCCN1S(=O)(=O)c1sc(=O)[nH]c1C. The predicted molar refractivity (Wildman–Crippen MR) is 72.2 cm³/mol. The molecule has 0 radical (unpaired) electrons. The van der Waals surface area contributed by atoms with Crippen LogP contribution in [0.15, 0.2) is 9.00 Å². The van der Waals surface area contributed by atoms with E-state index >= 15 is 0 Å². The van der Waals surface area contributed by atoms with Gasteiger partial charge in [-0.2, -0.15) is 4.31 Å². The van der Waals surface area contributed by atoms with Crippen molar-refractivity contribution in [2.75, 3.05) is 26.8 Å². The smallest absolute Gasteiger partial charge is 0.305 e. The summed E-state index contributed by atoms with van der Waals surface area (Å²) in [5, 5.41) is 2.42. The van der Waals surface area contributed by atoms with E-state index in [9.17, 15) is 18.0 Å². The van der Waals surface area contributed by atoms with Gasteiger partial charge in [-0.3, -0.25) is 9.59 Å². The number of nitrogens with zero attached hydrogens (tertiary/aromatic N) is 1. The van der Waals surface area contributed by atoms with Gasteiger partial charge in [-0.1, -0.05) is 11.3 Å². The highest BCUT2D eigenvalue weighted by molar-refractivity contribution is 7.91. The Morgan fingerprint density at radius 2 is 2.25 bits per heavy atom. The molecule has 1 fully saturated rings. The molecule has 10 heteroatoms. The molecule has 0 bridgehead atoms. The Kier molecular flexibility index (Phi) is 4.28. The zero-order chi connectivity index (χ0) is 14.9. The molecule has 0 aromatic carbocycles. The summed E-state index contributed by atoms with van der Waals surface area (Å²) in [6.07, 6.45) is 0. The van der Waals surface area contributed by atoms with Crippen LogP contribution in [-0.2, 0) is 19.6 Å². The fraction of sp³-hybridized carbons (Fsp3) is 0.600. The van der Waals surface area contributed by atoms with Gasteiger partial charge in [-0.05, 0) is 6.92 Å². The number of hydrogen-bond donors (Lipinski definition) is 2. The van der Waals surface area contributed by atoms with E-state index in [-0.39, 0.29) is 29.7 Å². The van der Waals surface area contributed by atoms with Gasteiger partial charge in [0, 0.05) is 19.3 Å². The van der Waals surface area contributed by atoms with Crippen molar-refractivity contribution in [1.29, 1.82) is 0 Å². The van der Waals surface area contributed by atoms with E-state index in [0.29, 0.717) is 11.3 Å². The van der Waals surface area contributed by atoms with E-state index in [2.05, 4.69) is 10.3 Å². The third-order valence-corrected chi connectivity index (χ3v) is 6.44. The Hall–Kier alpha value is -1.23. The minimum Gasteiger partial charge on any atom is -0.378 e.